The lowest BCUT2D eigenvalue weighted by molar-refractivity contribution is -0.0509. The van der Waals surface area contributed by atoms with E-state index in [4.69, 9.17) is 9.84 Å². The molecule has 1 N–H and O–H groups in total. The summed E-state index contributed by atoms with van der Waals surface area (Å²) in [6.45, 7) is -1.19. The summed E-state index contributed by atoms with van der Waals surface area (Å²) >= 11 is 0. The Morgan fingerprint density at radius 3 is 2.81 bits per heavy atom. The summed E-state index contributed by atoms with van der Waals surface area (Å²) in [5, 5.41) is 8.91. The molecule has 0 aliphatic carbocycles. The van der Waals surface area contributed by atoms with Gasteiger partial charge in [-0.2, -0.15) is 8.78 Å². The Balaban J connectivity index is 1.69. The molecule has 1 unspecified atom stereocenters. The Bertz CT molecular complexity index is 815. The first-order chi connectivity index (χ1) is 12.9. The molecule has 144 valence electrons. The van der Waals surface area contributed by atoms with Crippen LogP contribution in [-0.4, -0.2) is 42.3 Å². The number of ether oxygens (including phenoxy) is 2. The van der Waals surface area contributed by atoms with Gasteiger partial charge < -0.3 is 14.6 Å². The van der Waals surface area contributed by atoms with E-state index in [1.54, 1.807) is 12.1 Å². The molecule has 0 amide bonds. The zero-order valence-electron chi connectivity index (χ0n) is 14.3. The Labute approximate surface area is 153 Å². The molecule has 3 rings (SSSR count). The maximum atomic E-state index is 14.2. The molecule has 1 saturated heterocycles. The summed E-state index contributed by atoms with van der Waals surface area (Å²) < 4.78 is 49.0. The van der Waals surface area contributed by atoms with Gasteiger partial charge >= 0.3 is 12.6 Å². The Morgan fingerprint density at radius 1 is 1.30 bits per heavy atom. The molecule has 0 saturated carbocycles. The van der Waals surface area contributed by atoms with Gasteiger partial charge in [-0.1, -0.05) is 18.2 Å². The van der Waals surface area contributed by atoms with Crippen LogP contribution in [0.2, 0.25) is 0 Å². The van der Waals surface area contributed by atoms with E-state index >= 15 is 0 Å². The van der Waals surface area contributed by atoms with E-state index in [0.717, 1.165) is 6.07 Å². The minimum Gasteiger partial charge on any atom is -0.478 e. The molecular weight excluding hydrogens is 363 g/mol. The fraction of sp³-hybridized carbons (Fsp3) is 0.316. The second-order valence-corrected chi connectivity index (χ2v) is 6.16. The first kappa shape index (κ1) is 19.2. The number of benzene rings is 2. The predicted octanol–water partition coefficient (Wildman–Crippen LogP) is 3.70. The van der Waals surface area contributed by atoms with Crippen LogP contribution in [0.25, 0.3) is 0 Å². The number of alkyl halides is 2. The van der Waals surface area contributed by atoms with Crippen LogP contribution in [0.15, 0.2) is 42.5 Å². The van der Waals surface area contributed by atoms with Crippen molar-refractivity contribution in [3.63, 3.8) is 0 Å². The van der Waals surface area contributed by atoms with E-state index in [9.17, 15) is 18.0 Å². The monoisotopic (exact) mass is 381 g/mol. The van der Waals surface area contributed by atoms with E-state index in [1.165, 1.54) is 24.3 Å². The third-order valence-electron chi connectivity index (χ3n) is 4.30. The normalized spacial score (nSPS) is 17.9. The maximum absolute atomic E-state index is 14.2. The molecule has 1 aliphatic heterocycles. The van der Waals surface area contributed by atoms with Crippen LogP contribution in [-0.2, 0) is 11.3 Å². The zero-order valence-corrected chi connectivity index (χ0v) is 14.3. The van der Waals surface area contributed by atoms with Gasteiger partial charge in [0.15, 0.2) is 0 Å². The number of hydrogen-bond donors (Lipinski definition) is 1. The Kier molecular flexibility index (Phi) is 5.98. The summed E-state index contributed by atoms with van der Waals surface area (Å²) in [5.41, 5.74) is 0.974. The fourth-order valence-electron chi connectivity index (χ4n) is 2.99. The van der Waals surface area contributed by atoms with Gasteiger partial charge in [0.05, 0.1) is 18.3 Å². The van der Waals surface area contributed by atoms with Crippen molar-refractivity contribution in [3.05, 3.63) is 65.0 Å². The van der Waals surface area contributed by atoms with E-state index in [0.29, 0.717) is 37.4 Å². The molecular formula is C19H18F3NO4. The zero-order chi connectivity index (χ0) is 19.4. The van der Waals surface area contributed by atoms with Crippen LogP contribution in [0.4, 0.5) is 13.2 Å². The fourth-order valence-corrected chi connectivity index (χ4v) is 2.99. The van der Waals surface area contributed by atoms with Gasteiger partial charge in [-0.3, -0.25) is 4.90 Å². The highest BCUT2D eigenvalue weighted by Crippen LogP contribution is 2.27. The van der Waals surface area contributed by atoms with Crippen molar-refractivity contribution in [2.24, 2.45) is 0 Å². The lowest BCUT2D eigenvalue weighted by atomic mass is 10.1. The Hall–Kier alpha value is -2.58. The van der Waals surface area contributed by atoms with Crippen LogP contribution in [0.3, 0.4) is 0 Å². The number of nitrogens with zero attached hydrogens (tertiary/aromatic N) is 1. The third-order valence-corrected chi connectivity index (χ3v) is 4.30. The van der Waals surface area contributed by atoms with Gasteiger partial charge in [0, 0.05) is 25.2 Å². The van der Waals surface area contributed by atoms with Crippen LogP contribution < -0.4 is 4.74 Å². The molecule has 1 aliphatic rings. The van der Waals surface area contributed by atoms with E-state index in [-0.39, 0.29) is 17.4 Å². The summed E-state index contributed by atoms with van der Waals surface area (Å²) in [6.07, 6.45) is -0.360. The smallest absolute Gasteiger partial charge is 0.387 e. The summed E-state index contributed by atoms with van der Waals surface area (Å²) in [6, 6.07) is 10.1. The third kappa shape index (κ3) is 4.99. The van der Waals surface area contributed by atoms with Crippen molar-refractivity contribution < 1.29 is 32.5 Å². The second-order valence-electron chi connectivity index (χ2n) is 6.16. The molecule has 2 aromatic carbocycles. The average molecular weight is 381 g/mol. The molecule has 0 aromatic heterocycles. The molecule has 0 spiro atoms. The minimum atomic E-state index is -2.90. The number of carbonyl (C=O) groups is 1. The highest BCUT2D eigenvalue weighted by molar-refractivity contribution is 5.87. The van der Waals surface area contributed by atoms with Crippen molar-refractivity contribution >= 4 is 5.97 Å². The van der Waals surface area contributed by atoms with Crippen molar-refractivity contribution in [2.75, 3.05) is 19.7 Å². The molecule has 0 radical (unpaired) electrons. The van der Waals surface area contributed by atoms with E-state index in [2.05, 4.69) is 4.74 Å². The van der Waals surface area contributed by atoms with Crippen LogP contribution in [0.1, 0.15) is 27.6 Å². The number of hydrogen-bond acceptors (Lipinski definition) is 4. The van der Waals surface area contributed by atoms with Crippen LogP contribution in [0, 0.1) is 5.82 Å². The summed E-state index contributed by atoms with van der Waals surface area (Å²) in [4.78, 5) is 12.9. The number of carboxylic acids is 1. The number of carboxylic acid groups (broad SMARTS) is 1. The lowest BCUT2D eigenvalue weighted by Crippen LogP contribution is -2.38. The molecule has 2 aromatic rings. The molecule has 1 atom stereocenters. The van der Waals surface area contributed by atoms with Crippen molar-refractivity contribution in [3.8, 4) is 5.75 Å². The molecule has 27 heavy (non-hydrogen) atoms. The highest BCUT2D eigenvalue weighted by atomic mass is 19.3. The van der Waals surface area contributed by atoms with Gasteiger partial charge in [-0.15, -0.1) is 0 Å². The van der Waals surface area contributed by atoms with Crippen molar-refractivity contribution in [1.29, 1.82) is 0 Å². The average Bonchev–Trinajstić information content (AvgIpc) is 2.63. The van der Waals surface area contributed by atoms with Gasteiger partial charge in [0.2, 0.25) is 0 Å². The number of halogens is 3. The number of rotatable bonds is 6. The lowest BCUT2D eigenvalue weighted by Gasteiger charge is -2.33. The predicted molar refractivity (Wildman–Crippen MR) is 90.4 cm³/mol. The molecule has 1 fully saturated rings. The van der Waals surface area contributed by atoms with Crippen molar-refractivity contribution in [1.82, 2.24) is 4.90 Å². The molecule has 8 heteroatoms. The first-order valence-corrected chi connectivity index (χ1v) is 8.33. The van der Waals surface area contributed by atoms with E-state index < -0.39 is 18.4 Å². The van der Waals surface area contributed by atoms with Gasteiger partial charge in [0.1, 0.15) is 11.6 Å². The van der Waals surface area contributed by atoms with Gasteiger partial charge in [-0.05, 0) is 29.8 Å². The Morgan fingerprint density at radius 2 is 2.11 bits per heavy atom. The standard InChI is InChI=1S/C19H18F3NO4/c20-16-9-13(18(24)25)4-5-14(16)10-23-6-7-26-17(11-23)12-2-1-3-15(8-12)27-19(21)22/h1-5,8-9,17,19H,6-7,10-11H2,(H,24,25). The summed E-state index contributed by atoms with van der Waals surface area (Å²) in [5.74, 6) is -1.71. The van der Waals surface area contributed by atoms with Gasteiger partial charge in [0.25, 0.3) is 0 Å². The molecule has 1 heterocycles. The number of morpholine rings is 1. The van der Waals surface area contributed by atoms with E-state index in [1.807, 2.05) is 4.90 Å². The van der Waals surface area contributed by atoms with Crippen molar-refractivity contribution in [2.45, 2.75) is 19.3 Å². The largest absolute Gasteiger partial charge is 0.478 e. The molecule has 0 bridgehead atoms. The molecule has 5 nitrogen and oxygen atoms in total. The van der Waals surface area contributed by atoms with Crippen LogP contribution in [0.5, 0.6) is 5.75 Å². The second kappa shape index (κ2) is 8.41. The highest BCUT2D eigenvalue weighted by Gasteiger charge is 2.23. The number of aromatic carboxylic acids is 1. The SMILES string of the molecule is O=C(O)c1ccc(CN2CCOC(c3cccc(OC(F)F)c3)C2)c(F)c1. The minimum absolute atomic E-state index is 0.0542. The quantitative estimate of drug-likeness (QED) is 0.827. The topological polar surface area (TPSA) is 59.0 Å². The van der Waals surface area contributed by atoms with Crippen LogP contribution >= 0.6 is 0 Å². The summed E-state index contributed by atoms with van der Waals surface area (Å²) in [7, 11) is 0. The van der Waals surface area contributed by atoms with Gasteiger partial charge in [-0.25, -0.2) is 9.18 Å². The maximum Gasteiger partial charge on any atom is 0.387 e. The first-order valence-electron chi connectivity index (χ1n) is 8.33.